The quantitative estimate of drug-likeness (QED) is 0.841. The molecular formula is C14H19N3O2. The van der Waals surface area contributed by atoms with E-state index in [0.717, 1.165) is 25.4 Å². The third-order valence-corrected chi connectivity index (χ3v) is 3.52. The van der Waals surface area contributed by atoms with Gasteiger partial charge < -0.3 is 9.15 Å². The van der Waals surface area contributed by atoms with Crippen LogP contribution in [0, 0.1) is 0 Å². The summed E-state index contributed by atoms with van der Waals surface area (Å²) in [5, 5.41) is 4.57. The molecule has 0 amide bonds. The van der Waals surface area contributed by atoms with Crippen molar-refractivity contribution in [2.24, 2.45) is 7.05 Å². The number of hydrogen-bond donors (Lipinski definition) is 0. The van der Waals surface area contributed by atoms with Gasteiger partial charge in [-0.25, -0.2) is 0 Å². The van der Waals surface area contributed by atoms with Gasteiger partial charge in [-0.05, 0) is 12.1 Å². The van der Waals surface area contributed by atoms with Gasteiger partial charge in [0.25, 0.3) is 0 Å². The van der Waals surface area contributed by atoms with Crippen molar-refractivity contribution in [1.29, 1.82) is 0 Å². The molecule has 0 aromatic carbocycles. The fourth-order valence-electron chi connectivity index (χ4n) is 2.80. The molecule has 0 radical (unpaired) electrons. The van der Waals surface area contributed by atoms with Crippen LogP contribution in [0.3, 0.4) is 0 Å². The maximum Gasteiger partial charge on any atom is 0.117 e. The van der Waals surface area contributed by atoms with Crippen LogP contribution in [0.1, 0.15) is 22.9 Å². The van der Waals surface area contributed by atoms with E-state index < -0.39 is 0 Å². The van der Waals surface area contributed by atoms with E-state index in [1.54, 1.807) is 13.4 Å². The van der Waals surface area contributed by atoms with Crippen molar-refractivity contribution >= 4 is 0 Å². The average Bonchev–Trinajstić information content (AvgIpc) is 2.98. The summed E-state index contributed by atoms with van der Waals surface area (Å²) in [5.74, 6) is 1.34. The van der Waals surface area contributed by atoms with Crippen LogP contribution >= 0.6 is 0 Å². The van der Waals surface area contributed by atoms with E-state index in [4.69, 9.17) is 9.15 Å². The highest BCUT2D eigenvalue weighted by molar-refractivity contribution is 5.24. The molecule has 0 saturated carbocycles. The number of furan rings is 1. The van der Waals surface area contributed by atoms with Gasteiger partial charge in [-0.2, -0.15) is 5.10 Å². The van der Waals surface area contributed by atoms with Gasteiger partial charge in [-0.15, -0.1) is 0 Å². The topological polar surface area (TPSA) is 43.4 Å². The molecule has 1 aliphatic rings. The molecule has 2 aromatic rings. The molecule has 19 heavy (non-hydrogen) atoms. The molecule has 102 valence electrons. The van der Waals surface area contributed by atoms with E-state index in [0.29, 0.717) is 12.5 Å². The van der Waals surface area contributed by atoms with E-state index >= 15 is 0 Å². The van der Waals surface area contributed by atoms with Crippen LogP contribution in [0.15, 0.2) is 29.0 Å². The van der Waals surface area contributed by atoms with Crippen LogP contribution in [0.5, 0.6) is 0 Å². The van der Waals surface area contributed by atoms with Gasteiger partial charge in [-0.3, -0.25) is 9.58 Å². The summed E-state index contributed by atoms with van der Waals surface area (Å²) in [6.07, 6.45) is 3.83. The van der Waals surface area contributed by atoms with Gasteiger partial charge in [0.1, 0.15) is 5.76 Å². The first-order valence-electron chi connectivity index (χ1n) is 6.52. The van der Waals surface area contributed by atoms with Gasteiger partial charge in [0.05, 0.1) is 25.1 Å². The van der Waals surface area contributed by atoms with Crippen molar-refractivity contribution in [3.05, 3.63) is 41.6 Å². The van der Waals surface area contributed by atoms with Crippen molar-refractivity contribution in [2.45, 2.75) is 19.0 Å². The maximum absolute atomic E-state index is 5.43. The fraction of sp³-hybridized carbons (Fsp3) is 0.500. The highest BCUT2D eigenvalue weighted by Crippen LogP contribution is 2.28. The third-order valence-electron chi connectivity index (χ3n) is 3.52. The van der Waals surface area contributed by atoms with Crippen molar-refractivity contribution in [2.75, 3.05) is 20.3 Å². The van der Waals surface area contributed by atoms with Gasteiger partial charge in [0.15, 0.2) is 0 Å². The molecule has 2 aromatic heterocycles. The Hall–Kier alpha value is -1.59. The number of methoxy groups -OCH3 is 1. The first-order valence-corrected chi connectivity index (χ1v) is 6.52. The Bertz CT molecular complexity index is 533. The van der Waals surface area contributed by atoms with E-state index in [-0.39, 0.29) is 0 Å². The van der Waals surface area contributed by atoms with Gasteiger partial charge in [0, 0.05) is 44.9 Å². The molecule has 0 unspecified atom stereocenters. The van der Waals surface area contributed by atoms with Crippen molar-refractivity contribution in [3.8, 4) is 0 Å². The zero-order chi connectivity index (χ0) is 13.2. The van der Waals surface area contributed by atoms with Crippen LogP contribution in [-0.2, 0) is 24.9 Å². The Morgan fingerprint density at radius 1 is 1.53 bits per heavy atom. The third kappa shape index (κ3) is 2.57. The Kier molecular flexibility index (Phi) is 3.40. The molecule has 1 atom stereocenters. The minimum atomic E-state index is 0.338. The standard InChI is InChI=1S/C14H19N3O2/c1-16-6-11-7-17(9-13-4-3-5-19-13)8-12(10-18-2)14(11)15-16/h3-6,12H,7-10H2,1-2H3/t12-/m1/s1. The normalized spacial score (nSPS) is 19.6. The number of aromatic nitrogens is 2. The molecule has 5 nitrogen and oxygen atoms in total. The molecule has 0 spiro atoms. The molecule has 5 heteroatoms. The van der Waals surface area contributed by atoms with E-state index in [1.807, 2.05) is 23.9 Å². The fourth-order valence-corrected chi connectivity index (χ4v) is 2.80. The summed E-state index contributed by atoms with van der Waals surface area (Å²) in [6, 6.07) is 3.95. The summed E-state index contributed by atoms with van der Waals surface area (Å²) in [4.78, 5) is 2.38. The molecule has 0 N–H and O–H groups in total. The summed E-state index contributed by atoms with van der Waals surface area (Å²) in [7, 11) is 3.72. The molecule has 0 aliphatic carbocycles. The summed E-state index contributed by atoms with van der Waals surface area (Å²) in [5.41, 5.74) is 2.47. The van der Waals surface area contributed by atoms with Gasteiger partial charge >= 0.3 is 0 Å². The van der Waals surface area contributed by atoms with Crippen LogP contribution in [0.25, 0.3) is 0 Å². The largest absolute Gasteiger partial charge is 0.468 e. The first kappa shape index (κ1) is 12.4. The van der Waals surface area contributed by atoms with Crippen molar-refractivity contribution in [3.63, 3.8) is 0 Å². The van der Waals surface area contributed by atoms with Crippen molar-refractivity contribution < 1.29 is 9.15 Å². The molecule has 0 fully saturated rings. The minimum Gasteiger partial charge on any atom is -0.468 e. The SMILES string of the molecule is COC[C@H]1CN(Cc2ccco2)Cc2cn(C)nc21. The second-order valence-electron chi connectivity index (χ2n) is 5.11. The zero-order valence-corrected chi connectivity index (χ0v) is 11.4. The van der Waals surface area contributed by atoms with Crippen molar-refractivity contribution in [1.82, 2.24) is 14.7 Å². The molecule has 3 heterocycles. The van der Waals surface area contributed by atoms with Gasteiger partial charge in [0.2, 0.25) is 0 Å². The zero-order valence-electron chi connectivity index (χ0n) is 11.4. The minimum absolute atomic E-state index is 0.338. The highest BCUT2D eigenvalue weighted by atomic mass is 16.5. The molecule has 3 rings (SSSR count). The average molecular weight is 261 g/mol. The lowest BCUT2D eigenvalue weighted by atomic mass is 9.97. The Morgan fingerprint density at radius 2 is 2.42 bits per heavy atom. The lowest BCUT2D eigenvalue weighted by Crippen LogP contribution is -2.34. The number of aryl methyl sites for hydroxylation is 1. The Morgan fingerprint density at radius 3 is 3.16 bits per heavy atom. The maximum atomic E-state index is 5.43. The Balaban J connectivity index is 1.79. The molecule has 0 saturated heterocycles. The lowest BCUT2D eigenvalue weighted by Gasteiger charge is -2.30. The summed E-state index contributed by atoms with van der Waals surface area (Å²) >= 11 is 0. The second kappa shape index (κ2) is 5.19. The number of fused-ring (bicyclic) bond motifs is 1. The number of hydrogen-bond acceptors (Lipinski definition) is 4. The van der Waals surface area contributed by atoms with E-state index in [1.165, 1.54) is 11.3 Å². The van der Waals surface area contributed by atoms with Crippen LogP contribution in [-0.4, -0.2) is 34.9 Å². The summed E-state index contributed by atoms with van der Waals surface area (Å²) in [6.45, 7) is 3.42. The van der Waals surface area contributed by atoms with E-state index in [9.17, 15) is 0 Å². The first-order chi connectivity index (χ1) is 9.26. The van der Waals surface area contributed by atoms with Crippen LogP contribution in [0.2, 0.25) is 0 Å². The smallest absolute Gasteiger partial charge is 0.117 e. The van der Waals surface area contributed by atoms with Crippen LogP contribution < -0.4 is 0 Å². The highest BCUT2D eigenvalue weighted by Gasteiger charge is 2.28. The number of nitrogens with zero attached hydrogens (tertiary/aromatic N) is 3. The monoisotopic (exact) mass is 261 g/mol. The number of rotatable bonds is 4. The number of ether oxygens (including phenoxy) is 1. The lowest BCUT2D eigenvalue weighted by molar-refractivity contribution is 0.130. The molecular weight excluding hydrogens is 242 g/mol. The molecule has 0 bridgehead atoms. The van der Waals surface area contributed by atoms with Crippen LogP contribution in [0.4, 0.5) is 0 Å². The van der Waals surface area contributed by atoms with Gasteiger partial charge in [-0.1, -0.05) is 0 Å². The predicted octanol–water partition coefficient (Wildman–Crippen LogP) is 1.76. The predicted molar refractivity (Wildman–Crippen MR) is 70.6 cm³/mol. The summed E-state index contributed by atoms with van der Waals surface area (Å²) < 4.78 is 12.7. The second-order valence-corrected chi connectivity index (χ2v) is 5.11. The van der Waals surface area contributed by atoms with E-state index in [2.05, 4.69) is 16.2 Å². The molecule has 1 aliphatic heterocycles. The Labute approximate surface area is 112 Å².